The molecule has 1 aliphatic carbocycles. The molecule has 1 unspecified atom stereocenters. The van der Waals surface area contributed by atoms with Crippen molar-refractivity contribution in [3.05, 3.63) is 12.7 Å². The Bertz CT molecular complexity index is 187. The van der Waals surface area contributed by atoms with Crippen LogP contribution in [-0.4, -0.2) is 12.4 Å². The summed E-state index contributed by atoms with van der Waals surface area (Å²) in [5.41, 5.74) is -0.314. The fraction of sp³-hybridized carbons (Fsp3) is 0.500. The highest BCUT2D eigenvalue weighted by Crippen LogP contribution is 2.61. The van der Waals surface area contributed by atoms with Crippen molar-refractivity contribution in [2.45, 2.75) is 13.3 Å². The van der Waals surface area contributed by atoms with Gasteiger partial charge in [-0.2, -0.15) is 0 Å². The van der Waals surface area contributed by atoms with Gasteiger partial charge in [0.15, 0.2) is 0 Å². The lowest BCUT2D eigenvalue weighted by molar-refractivity contribution is 0.698. The van der Waals surface area contributed by atoms with Crippen LogP contribution in [0, 0.1) is 21.6 Å². The fourth-order valence-corrected chi connectivity index (χ4v) is 1.33. The molecule has 0 spiro atoms. The molecule has 1 fully saturated rings. The zero-order chi connectivity index (χ0) is 7.83. The predicted molar refractivity (Wildman–Crippen MR) is 42.9 cm³/mol. The lowest BCUT2D eigenvalue weighted by Gasteiger charge is -2.07. The highest BCUT2D eigenvalue weighted by atomic mass is 14.7. The second-order valence-electron chi connectivity index (χ2n) is 3.13. The van der Waals surface area contributed by atoms with Gasteiger partial charge in [-0.05, 0) is 6.42 Å². The molecule has 0 aromatic carbocycles. The number of rotatable bonds is 3. The van der Waals surface area contributed by atoms with Gasteiger partial charge in [0.2, 0.25) is 0 Å². The molecule has 0 amide bonds. The minimum Gasteiger partial charge on any atom is -0.312 e. The molecule has 54 valence electrons. The van der Waals surface area contributed by atoms with Gasteiger partial charge in [0.1, 0.15) is 0 Å². The summed E-state index contributed by atoms with van der Waals surface area (Å²) in [5.74, 6) is 0. The first-order chi connectivity index (χ1) is 4.64. The summed E-state index contributed by atoms with van der Waals surface area (Å²) in [5, 5.41) is 14.2. The first-order valence-corrected chi connectivity index (χ1v) is 3.31. The van der Waals surface area contributed by atoms with Crippen molar-refractivity contribution in [1.82, 2.24) is 0 Å². The number of nitrogens with one attached hydrogen (secondary N) is 2. The Morgan fingerprint density at radius 2 is 2.00 bits per heavy atom. The highest BCUT2D eigenvalue weighted by molar-refractivity contribution is 5.84. The zero-order valence-corrected chi connectivity index (χ0v) is 6.15. The second kappa shape index (κ2) is 1.78. The Balaban J connectivity index is 2.87. The third-order valence-corrected chi connectivity index (χ3v) is 2.54. The van der Waals surface area contributed by atoms with Gasteiger partial charge in [0.25, 0.3) is 0 Å². The summed E-state index contributed by atoms with van der Waals surface area (Å²) < 4.78 is 0. The van der Waals surface area contributed by atoms with E-state index in [1.807, 2.05) is 6.92 Å². The Labute approximate surface area is 61.0 Å². The highest BCUT2D eigenvalue weighted by Gasteiger charge is 2.60. The first-order valence-electron chi connectivity index (χ1n) is 3.31. The van der Waals surface area contributed by atoms with E-state index in [0.717, 1.165) is 6.42 Å². The van der Waals surface area contributed by atoms with E-state index in [2.05, 4.69) is 6.58 Å². The Morgan fingerprint density at radius 3 is 2.10 bits per heavy atom. The lowest BCUT2D eigenvalue weighted by atomic mass is 9.97. The van der Waals surface area contributed by atoms with Crippen molar-refractivity contribution < 1.29 is 0 Å². The largest absolute Gasteiger partial charge is 0.312 e. The summed E-state index contributed by atoms with van der Waals surface area (Å²) in [6.07, 6.45) is 5.45. The van der Waals surface area contributed by atoms with E-state index in [1.165, 1.54) is 12.4 Å². The van der Waals surface area contributed by atoms with Gasteiger partial charge >= 0.3 is 0 Å². The van der Waals surface area contributed by atoms with Crippen LogP contribution >= 0.6 is 0 Å². The number of allylic oxidation sites excluding steroid dienone is 1. The molecule has 2 heteroatoms. The van der Waals surface area contributed by atoms with Gasteiger partial charge in [-0.25, -0.2) is 0 Å². The average molecular weight is 136 g/mol. The molecule has 2 nitrogen and oxygen atoms in total. The van der Waals surface area contributed by atoms with Crippen LogP contribution in [0.15, 0.2) is 12.7 Å². The second-order valence-corrected chi connectivity index (χ2v) is 3.13. The summed E-state index contributed by atoms with van der Waals surface area (Å²) in [7, 11) is 0. The topological polar surface area (TPSA) is 47.7 Å². The molecule has 1 aliphatic rings. The first kappa shape index (κ1) is 7.19. The van der Waals surface area contributed by atoms with E-state index >= 15 is 0 Å². The average Bonchev–Trinajstić information content (AvgIpc) is 2.59. The third kappa shape index (κ3) is 0.589. The van der Waals surface area contributed by atoms with E-state index in [9.17, 15) is 0 Å². The van der Waals surface area contributed by atoms with Gasteiger partial charge in [-0.3, -0.25) is 0 Å². The predicted octanol–water partition coefficient (Wildman–Crippen LogP) is 1.87. The summed E-state index contributed by atoms with van der Waals surface area (Å²) in [6, 6.07) is 0. The molecule has 0 radical (unpaired) electrons. The summed E-state index contributed by atoms with van der Waals surface area (Å²) in [6.45, 7) is 5.63. The summed E-state index contributed by atoms with van der Waals surface area (Å²) >= 11 is 0. The van der Waals surface area contributed by atoms with E-state index in [-0.39, 0.29) is 10.8 Å². The molecule has 0 aromatic rings. The molecule has 10 heavy (non-hydrogen) atoms. The van der Waals surface area contributed by atoms with Crippen LogP contribution in [0.25, 0.3) is 0 Å². The minimum absolute atomic E-state index is 0.115. The minimum atomic E-state index is -0.200. The van der Waals surface area contributed by atoms with Crippen LogP contribution in [0.5, 0.6) is 0 Å². The monoisotopic (exact) mass is 136 g/mol. The Kier molecular flexibility index (Phi) is 1.28. The molecule has 2 atom stereocenters. The smallest absolute Gasteiger partial charge is 0.0338 e. The molecule has 1 saturated carbocycles. The van der Waals surface area contributed by atoms with Crippen LogP contribution < -0.4 is 0 Å². The van der Waals surface area contributed by atoms with Crippen molar-refractivity contribution in [3.63, 3.8) is 0 Å². The van der Waals surface area contributed by atoms with Crippen molar-refractivity contribution in [1.29, 1.82) is 10.8 Å². The van der Waals surface area contributed by atoms with Crippen molar-refractivity contribution >= 4 is 12.4 Å². The van der Waals surface area contributed by atoms with Crippen LogP contribution in [0.2, 0.25) is 0 Å². The van der Waals surface area contributed by atoms with Gasteiger partial charge in [0, 0.05) is 23.3 Å². The van der Waals surface area contributed by atoms with Crippen LogP contribution in [0.4, 0.5) is 0 Å². The van der Waals surface area contributed by atoms with E-state index in [1.54, 1.807) is 6.08 Å². The van der Waals surface area contributed by atoms with Gasteiger partial charge in [0.05, 0.1) is 0 Å². The third-order valence-electron chi connectivity index (χ3n) is 2.54. The molecule has 0 saturated heterocycles. The molecule has 0 aromatic heterocycles. The van der Waals surface area contributed by atoms with E-state index in [0.29, 0.717) is 0 Å². The van der Waals surface area contributed by atoms with Gasteiger partial charge in [-0.15, -0.1) is 6.58 Å². The SMILES string of the molecule is C=CC1(C=N)C[C@]1(C)C=N. The Morgan fingerprint density at radius 1 is 1.40 bits per heavy atom. The molecular weight excluding hydrogens is 124 g/mol. The summed E-state index contributed by atoms with van der Waals surface area (Å²) in [4.78, 5) is 0. The number of hydrogen-bond donors (Lipinski definition) is 2. The lowest BCUT2D eigenvalue weighted by Crippen LogP contribution is -2.10. The Hall–Kier alpha value is -0.920. The number of hydrogen-bond acceptors (Lipinski definition) is 2. The normalized spacial score (nSPS) is 44.1. The molecule has 0 bridgehead atoms. The maximum absolute atomic E-state index is 7.13. The molecular formula is C8H12N2. The van der Waals surface area contributed by atoms with Crippen LogP contribution in [0.3, 0.4) is 0 Å². The molecule has 0 aliphatic heterocycles. The van der Waals surface area contributed by atoms with Crippen molar-refractivity contribution in [2.75, 3.05) is 0 Å². The molecule has 1 rings (SSSR count). The maximum Gasteiger partial charge on any atom is 0.0338 e. The standard InChI is InChI=1S/C8H12N2/c1-3-8(6-10)4-7(8,2)5-9/h3,5-6,9-10H,1,4H2,2H3/t7-,8?/m1/s1. The van der Waals surface area contributed by atoms with Crippen LogP contribution in [0.1, 0.15) is 13.3 Å². The van der Waals surface area contributed by atoms with Crippen molar-refractivity contribution in [2.24, 2.45) is 10.8 Å². The fourth-order valence-electron chi connectivity index (χ4n) is 1.33. The zero-order valence-electron chi connectivity index (χ0n) is 6.15. The quantitative estimate of drug-likeness (QED) is 0.439. The molecule has 0 heterocycles. The maximum atomic E-state index is 7.13. The van der Waals surface area contributed by atoms with E-state index < -0.39 is 0 Å². The van der Waals surface area contributed by atoms with E-state index in [4.69, 9.17) is 10.8 Å². The molecule has 2 N–H and O–H groups in total. The van der Waals surface area contributed by atoms with Gasteiger partial charge < -0.3 is 10.8 Å². The van der Waals surface area contributed by atoms with Crippen LogP contribution in [-0.2, 0) is 0 Å². The van der Waals surface area contributed by atoms with Gasteiger partial charge in [-0.1, -0.05) is 13.0 Å². The van der Waals surface area contributed by atoms with Crippen molar-refractivity contribution in [3.8, 4) is 0 Å².